The molecule has 122 valence electrons. The van der Waals surface area contributed by atoms with Gasteiger partial charge in [-0.3, -0.25) is 4.79 Å². The molecule has 1 aromatic carbocycles. The maximum Gasteiger partial charge on any atom is 0.253 e. The second-order valence-corrected chi connectivity index (χ2v) is 7.21. The molecule has 4 unspecified atom stereocenters. The molecule has 1 heterocycles. The van der Waals surface area contributed by atoms with Crippen LogP contribution >= 0.6 is 0 Å². The lowest BCUT2D eigenvalue weighted by atomic mass is 9.84. The molecule has 0 aliphatic heterocycles. The van der Waals surface area contributed by atoms with E-state index in [0.717, 1.165) is 28.5 Å². The third kappa shape index (κ3) is 2.50. The predicted molar refractivity (Wildman–Crippen MR) is 90.7 cm³/mol. The number of methoxy groups -OCH3 is 1. The zero-order chi connectivity index (χ0) is 16.0. The highest BCUT2D eigenvalue weighted by Crippen LogP contribution is 2.49. The van der Waals surface area contributed by atoms with E-state index in [9.17, 15) is 4.79 Å². The van der Waals surface area contributed by atoms with Crippen LogP contribution in [-0.2, 0) is 0 Å². The molecule has 4 heteroatoms. The minimum absolute atomic E-state index is 0.0137. The Balaban J connectivity index is 1.52. The number of ether oxygens (including phenoxy) is 1. The third-order valence-corrected chi connectivity index (χ3v) is 5.93. The van der Waals surface area contributed by atoms with Gasteiger partial charge >= 0.3 is 0 Å². The van der Waals surface area contributed by atoms with Gasteiger partial charge in [-0.15, -0.1) is 0 Å². The molecule has 2 aliphatic carbocycles. The summed E-state index contributed by atoms with van der Waals surface area (Å²) in [5.41, 5.74) is 1.66. The number of carbonyl (C=O) groups is 1. The molecule has 2 fully saturated rings. The summed E-state index contributed by atoms with van der Waals surface area (Å²) in [6.45, 7) is 2.17. The average molecular weight is 312 g/mol. The van der Waals surface area contributed by atoms with Gasteiger partial charge in [0, 0.05) is 23.1 Å². The monoisotopic (exact) mass is 312 g/mol. The van der Waals surface area contributed by atoms with E-state index >= 15 is 0 Å². The SMILES string of the molecule is COc1ccc2[nH]cc(C(=O)NC(C)C3CC4CCC3C4)c2c1. The highest BCUT2D eigenvalue weighted by molar-refractivity contribution is 6.07. The Bertz CT molecular complexity index is 736. The second-order valence-electron chi connectivity index (χ2n) is 7.21. The Morgan fingerprint density at radius 3 is 2.91 bits per heavy atom. The number of amides is 1. The van der Waals surface area contributed by atoms with E-state index < -0.39 is 0 Å². The summed E-state index contributed by atoms with van der Waals surface area (Å²) in [5, 5.41) is 4.16. The number of fused-ring (bicyclic) bond motifs is 3. The van der Waals surface area contributed by atoms with Crippen LogP contribution in [-0.4, -0.2) is 24.0 Å². The van der Waals surface area contributed by atoms with Crippen molar-refractivity contribution in [3.05, 3.63) is 30.0 Å². The van der Waals surface area contributed by atoms with E-state index in [2.05, 4.69) is 17.2 Å². The molecule has 2 N–H and O–H groups in total. The maximum absolute atomic E-state index is 12.7. The van der Waals surface area contributed by atoms with Crippen LogP contribution in [0, 0.1) is 17.8 Å². The van der Waals surface area contributed by atoms with E-state index in [0.29, 0.717) is 11.5 Å². The molecule has 2 saturated carbocycles. The van der Waals surface area contributed by atoms with Crippen LogP contribution < -0.4 is 10.1 Å². The van der Waals surface area contributed by atoms with Crippen molar-refractivity contribution in [3.8, 4) is 5.75 Å². The highest BCUT2D eigenvalue weighted by Gasteiger charge is 2.42. The maximum atomic E-state index is 12.7. The standard InChI is InChI=1S/C19H24N2O2/c1-11(15-8-12-3-4-13(15)7-12)21-19(22)17-10-20-18-6-5-14(23-2)9-16(17)18/h5-6,9-13,15,20H,3-4,7-8H2,1-2H3,(H,21,22). The van der Waals surface area contributed by atoms with Crippen molar-refractivity contribution >= 4 is 16.8 Å². The molecule has 2 aliphatic rings. The van der Waals surface area contributed by atoms with E-state index in [1.807, 2.05) is 18.2 Å². The van der Waals surface area contributed by atoms with Gasteiger partial charge in [0.25, 0.3) is 5.91 Å². The van der Waals surface area contributed by atoms with Crippen molar-refractivity contribution in [2.75, 3.05) is 7.11 Å². The van der Waals surface area contributed by atoms with Crippen molar-refractivity contribution in [2.24, 2.45) is 17.8 Å². The fourth-order valence-electron chi connectivity index (χ4n) is 4.71. The van der Waals surface area contributed by atoms with Crippen LogP contribution in [0.4, 0.5) is 0 Å². The first-order valence-electron chi connectivity index (χ1n) is 8.61. The van der Waals surface area contributed by atoms with Crippen LogP contribution in [0.1, 0.15) is 43.0 Å². The van der Waals surface area contributed by atoms with Gasteiger partial charge in [-0.25, -0.2) is 0 Å². The van der Waals surface area contributed by atoms with Crippen molar-refractivity contribution < 1.29 is 9.53 Å². The zero-order valence-electron chi connectivity index (χ0n) is 13.8. The van der Waals surface area contributed by atoms with Gasteiger partial charge in [0.05, 0.1) is 12.7 Å². The molecular formula is C19H24N2O2. The minimum atomic E-state index is 0.0137. The van der Waals surface area contributed by atoms with Gasteiger partial charge in [0.2, 0.25) is 0 Å². The molecule has 2 bridgehead atoms. The minimum Gasteiger partial charge on any atom is -0.497 e. The zero-order valence-corrected chi connectivity index (χ0v) is 13.8. The summed E-state index contributed by atoms with van der Waals surface area (Å²) < 4.78 is 5.28. The highest BCUT2D eigenvalue weighted by atomic mass is 16.5. The van der Waals surface area contributed by atoms with Crippen molar-refractivity contribution in [1.29, 1.82) is 0 Å². The first-order valence-corrected chi connectivity index (χ1v) is 8.61. The van der Waals surface area contributed by atoms with Crippen molar-refractivity contribution in [1.82, 2.24) is 10.3 Å². The lowest BCUT2D eigenvalue weighted by molar-refractivity contribution is 0.0917. The predicted octanol–water partition coefficient (Wildman–Crippen LogP) is 3.73. The van der Waals surface area contributed by atoms with Gasteiger partial charge < -0.3 is 15.0 Å². The number of aromatic amines is 1. The second kappa shape index (κ2) is 5.59. The third-order valence-electron chi connectivity index (χ3n) is 5.93. The van der Waals surface area contributed by atoms with Crippen LogP contribution in [0.3, 0.4) is 0 Å². The largest absolute Gasteiger partial charge is 0.497 e. The topological polar surface area (TPSA) is 54.1 Å². The number of rotatable bonds is 4. The van der Waals surface area contributed by atoms with Gasteiger partial charge in [0.1, 0.15) is 5.75 Å². The molecule has 23 heavy (non-hydrogen) atoms. The normalized spacial score (nSPS) is 27.3. The number of H-pyrrole nitrogens is 1. The van der Waals surface area contributed by atoms with Gasteiger partial charge in [0.15, 0.2) is 0 Å². The smallest absolute Gasteiger partial charge is 0.253 e. The van der Waals surface area contributed by atoms with E-state index in [4.69, 9.17) is 4.74 Å². The molecule has 0 radical (unpaired) electrons. The van der Waals surface area contributed by atoms with Crippen LogP contribution in [0.15, 0.2) is 24.4 Å². The Hall–Kier alpha value is -1.97. The summed E-state index contributed by atoms with van der Waals surface area (Å²) in [5.74, 6) is 3.16. The lowest BCUT2D eigenvalue weighted by Crippen LogP contribution is -2.40. The number of carbonyl (C=O) groups excluding carboxylic acids is 1. The van der Waals surface area contributed by atoms with Crippen LogP contribution in [0.5, 0.6) is 5.75 Å². The lowest BCUT2D eigenvalue weighted by Gasteiger charge is -2.28. The molecule has 4 atom stereocenters. The Morgan fingerprint density at radius 2 is 2.22 bits per heavy atom. The molecule has 2 aromatic rings. The van der Waals surface area contributed by atoms with Gasteiger partial charge in [-0.1, -0.05) is 6.42 Å². The molecule has 4 nitrogen and oxygen atoms in total. The Kier molecular flexibility index (Phi) is 3.55. The Labute approximate surface area is 136 Å². The molecule has 0 saturated heterocycles. The fourth-order valence-corrected chi connectivity index (χ4v) is 4.71. The number of aromatic nitrogens is 1. The number of benzene rings is 1. The van der Waals surface area contributed by atoms with Gasteiger partial charge in [-0.2, -0.15) is 0 Å². The first-order chi connectivity index (χ1) is 11.2. The van der Waals surface area contributed by atoms with Crippen LogP contribution in [0.2, 0.25) is 0 Å². The average Bonchev–Trinajstić information content (AvgIpc) is 3.28. The molecule has 1 amide bonds. The summed E-state index contributed by atoms with van der Waals surface area (Å²) in [6, 6.07) is 6.01. The van der Waals surface area contributed by atoms with E-state index in [1.165, 1.54) is 25.7 Å². The molecule has 4 rings (SSSR count). The van der Waals surface area contributed by atoms with E-state index in [-0.39, 0.29) is 11.9 Å². The Morgan fingerprint density at radius 1 is 1.35 bits per heavy atom. The molecule has 0 spiro atoms. The number of nitrogens with one attached hydrogen (secondary N) is 2. The van der Waals surface area contributed by atoms with E-state index in [1.54, 1.807) is 13.3 Å². The molecular weight excluding hydrogens is 288 g/mol. The summed E-state index contributed by atoms with van der Waals surface area (Å²) in [4.78, 5) is 15.9. The summed E-state index contributed by atoms with van der Waals surface area (Å²) >= 11 is 0. The van der Waals surface area contributed by atoms with Crippen molar-refractivity contribution in [3.63, 3.8) is 0 Å². The van der Waals surface area contributed by atoms with Crippen molar-refractivity contribution in [2.45, 2.75) is 38.6 Å². The quantitative estimate of drug-likeness (QED) is 0.904. The number of hydrogen-bond donors (Lipinski definition) is 2. The molecule has 1 aromatic heterocycles. The van der Waals surface area contributed by atoms with Crippen LogP contribution in [0.25, 0.3) is 10.9 Å². The fraction of sp³-hybridized carbons (Fsp3) is 0.526. The summed E-state index contributed by atoms with van der Waals surface area (Å²) in [6.07, 6.45) is 7.19. The van der Waals surface area contributed by atoms with Gasteiger partial charge in [-0.05, 0) is 62.1 Å². The first kappa shape index (κ1) is 14.6. The number of hydrogen-bond acceptors (Lipinski definition) is 2. The summed E-state index contributed by atoms with van der Waals surface area (Å²) in [7, 11) is 1.64.